The second-order valence-electron chi connectivity index (χ2n) is 9.59. The van der Waals surface area contributed by atoms with E-state index in [1.165, 1.54) is 63.9 Å². The Bertz CT molecular complexity index is 1010. The van der Waals surface area contributed by atoms with Gasteiger partial charge in [-0.1, -0.05) is 68.9 Å². The van der Waals surface area contributed by atoms with E-state index in [9.17, 15) is 14.7 Å². The number of hydrogen-bond acceptors (Lipinski definition) is 4. The number of hydrogen-bond donors (Lipinski definition) is 3. The van der Waals surface area contributed by atoms with E-state index in [-0.39, 0.29) is 0 Å². The zero-order valence-corrected chi connectivity index (χ0v) is 20.6. The zero-order chi connectivity index (χ0) is 25.0. The fourth-order valence-corrected chi connectivity index (χ4v) is 4.60. The number of nitrogens with one attached hydrogen (secondary N) is 1. The molecule has 2 aromatic carbocycles. The zero-order valence-electron chi connectivity index (χ0n) is 20.6. The van der Waals surface area contributed by atoms with Crippen LogP contribution in [0.4, 0.5) is 0 Å². The fraction of sp³-hybridized carbons (Fsp3) is 0.467. The molecule has 1 aliphatic carbocycles. The molecule has 186 valence electrons. The highest BCUT2D eigenvalue weighted by Crippen LogP contribution is 2.26. The lowest BCUT2D eigenvalue weighted by Crippen LogP contribution is -2.48. The summed E-state index contributed by atoms with van der Waals surface area (Å²) >= 11 is 0. The van der Waals surface area contributed by atoms with E-state index in [4.69, 9.17) is 5.11 Å². The number of Topliss-reactive ketones (excluding diaryl/α,β-unsaturated/α-hetero) is 1. The number of aryl methyl sites for hydroxylation is 1. The van der Waals surface area contributed by atoms with E-state index in [1.807, 2.05) is 0 Å². The molecule has 0 bridgehead atoms. The lowest BCUT2D eigenvalue weighted by molar-refractivity contribution is -0.125. The van der Waals surface area contributed by atoms with Crippen molar-refractivity contribution in [1.82, 2.24) is 5.32 Å². The molecule has 3 N–H and O–H groups in total. The summed E-state index contributed by atoms with van der Waals surface area (Å²) in [6.07, 6.45) is 11.0. The molecule has 0 aliphatic heterocycles. The number of carbonyl (C=O) groups is 2. The number of aliphatic hydroxyl groups excluding tert-OH is 2. The Morgan fingerprint density at radius 1 is 0.914 bits per heavy atom. The van der Waals surface area contributed by atoms with Crippen LogP contribution < -0.4 is 5.32 Å². The molecule has 0 heterocycles. The van der Waals surface area contributed by atoms with Gasteiger partial charge >= 0.3 is 0 Å². The van der Waals surface area contributed by atoms with Gasteiger partial charge in [-0.2, -0.15) is 0 Å². The molecule has 0 unspecified atom stereocenters. The molecule has 0 aromatic heterocycles. The summed E-state index contributed by atoms with van der Waals surface area (Å²) < 4.78 is 0. The van der Waals surface area contributed by atoms with Gasteiger partial charge in [0.2, 0.25) is 0 Å². The van der Waals surface area contributed by atoms with Crippen LogP contribution in [0.15, 0.2) is 48.5 Å². The van der Waals surface area contributed by atoms with Crippen LogP contribution in [0.25, 0.3) is 0 Å². The van der Waals surface area contributed by atoms with Crippen molar-refractivity contribution in [3.63, 3.8) is 0 Å². The molecule has 2 aromatic rings. The van der Waals surface area contributed by atoms with E-state index in [0.29, 0.717) is 5.56 Å². The third kappa shape index (κ3) is 8.65. The van der Waals surface area contributed by atoms with Crippen LogP contribution in [0.5, 0.6) is 0 Å². The molecular formula is C30H37NO4. The maximum Gasteiger partial charge on any atom is 0.251 e. The lowest BCUT2D eigenvalue weighted by Gasteiger charge is -2.19. The minimum absolute atomic E-state index is 0.348. The summed E-state index contributed by atoms with van der Waals surface area (Å²) in [4.78, 5) is 24.1. The van der Waals surface area contributed by atoms with Crippen molar-refractivity contribution < 1.29 is 19.8 Å². The topological polar surface area (TPSA) is 86.6 Å². The number of ketones is 1. The molecule has 1 amide bonds. The minimum Gasteiger partial charge on any atom is -0.391 e. The molecule has 35 heavy (non-hydrogen) atoms. The van der Waals surface area contributed by atoms with Crippen LogP contribution in [-0.2, 0) is 11.2 Å². The average molecular weight is 476 g/mol. The summed E-state index contributed by atoms with van der Waals surface area (Å²) in [6, 6.07) is 14.1. The maximum atomic E-state index is 12.4. The highest BCUT2D eigenvalue weighted by Gasteiger charge is 2.25. The van der Waals surface area contributed by atoms with Crippen LogP contribution >= 0.6 is 0 Å². The Morgan fingerprint density at radius 3 is 2.00 bits per heavy atom. The van der Waals surface area contributed by atoms with Crippen molar-refractivity contribution in [3.05, 3.63) is 70.8 Å². The average Bonchev–Trinajstić information content (AvgIpc) is 2.85. The maximum absolute atomic E-state index is 12.4. The Morgan fingerprint density at radius 2 is 1.46 bits per heavy atom. The Kier molecular flexibility index (Phi) is 10.5. The molecular weight excluding hydrogens is 438 g/mol. The van der Waals surface area contributed by atoms with Crippen molar-refractivity contribution in [1.29, 1.82) is 0 Å². The largest absolute Gasteiger partial charge is 0.391 e. The van der Waals surface area contributed by atoms with E-state index >= 15 is 0 Å². The Labute approximate surface area is 209 Å². The first-order valence-electron chi connectivity index (χ1n) is 12.8. The molecule has 0 spiro atoms. The number of amides is 1. The molecule has 1 aliphatic rings. The Hall–Kier alpha value is -2.94. The standard InChI is InChI=1S/C30H37NO4/c1-22(33)29(28(34)21-32)31-30(35)27-19-17-26(18-20-27)16-15-25-13-11-24(12-14-25)10-9-23-7-5-3-2-4-6-8-23/h11-14,17-20,22-23,29,32-33H,2-10,21H2,1H3,(H,31,35)/t22-,29+/m1/s1. The second kappa shape index (κ2) is 13.8. The van der Waals surface area contributed by atoms with Gasteiger partial charge in [-0.15, -0.1) is 0 Å². The first-order valence-corrected chi connectivity index (χ1v) is 12.8. The SMILES string of the molecule is C[C@@H](O)[C@H](NC(=O)c1ccc(C#Cc2ccc(CCC3CCCCCCC3)cc2)cc1)C(=O)CO. The third-order valence-electron chi connectivity index (χ3n) is 6.79. The van der Waals surface area contributed by atoms with Crippen LogP contribution in [0.1, 0.15) is 85.3 Å². The van der Waals surface area contributed by atoms with Crippen molar-refractivity contribution in [2.75, 3.05) is 6.61 Å². The molecule has 5 heteroatoms. The van der Waals surface area contributed by atoms with Gasteiger partial charge in [0.05, 0.1) is 6.10 Å². The van der Waals surface area contributed by atoms with Gasteiger partial charge in [0.25, 0.3) is 5.91 Å². The first kappa shape index (κ1) is 26.7. The number of benzene rings is 2. The molecule has 0 saturated heterocycles. The molecule has 1 saturated carbocycles. The van der Waals surface area contributed by atoms with E-state index < -0.39 is 30.4 Å². The number of aliphatic hydroxyl groups is 2. The summed E-state index contributed by atoms with van der Waals surface area (Å²) in [6.45, 7) is 0.647. The van der Waals surface area contributed by atoms with Gasteiger partial charge in [0, 0.05) is 16.7 Å². The van der Waals surface area contributed by atoms with Crippen molar-refractivity contribution in [2.24, 2.45) is 5.92 Å². The predicted octanol–water partition coefficient (Wildman–Crippen LogP) is 4.42. The van der Waals surface area contributed by atoms with Gasteiger partial charge in [0.1, 0.15) is 12.6 Å². The van der Waals surface area contributed by atoms with Gasteiger partial charge in [0.15, 0.2) is 5.78 Å². The highest BCUT2D eigenvalue weighted by atomic mass is 16.3. The second-order valence-corrected chi connectivity index (χ2v) is 9.59. The number of rotatable bonds is 8. The van der Waals surface area contributed by atoms with Crippen LogP contribution in [0.3, 0.4) is 0 Å². The summed E-state index contributed by atoms with van der Waals surface area (Å²) in [7, 11) is 0. The normalized spacial score (nSPS) is 16.2. The molecule has 5 nitrogen and oxygen atoms in total. The van der Waals surface area contributed by atoms with Gasteiger partial charge < -0.3 is 15.5 Å². The van der Waals surface area contributed by atoms with E-state index in [2.05, 4.69) is 41.4 Å². The summed E-state index contributed by atoms with van der Waals surface area (Å²) in [5, 5.41) is 21.2. The van der Waals surface area contributed by atoms with Crippen molar-refractivity contribution in [2.45, 2.75) is 76.9 Å². The van der Waals surface area contributed by atoms with Crippen LogP contribution in [0.2, 0.25) is 0 Å². The number of carbonyl (C=O) groups excluding carboxylic acids is 2. The molecule has 0 radical (unpaired) electrons. The van der Waals surface area contributed by atoms with Crippen molar-refractivity contribution in [3.8, 4) is 11.8 Å². The quantitative estimate of drug-likeness (QED) is 0.493. The molecule has 2 atom stereocenters. The van der Waals surface area contributed by atoms with Gasteiger partial charge in [-0.3, -0.25) is 9.59 Å². The fourth-order valence-electron chi connectivity index (χ4n) is 4.60. The Balaban J connectivity index is 1.53. The van der Waals surface area contributed by atoms with E-state index in [1.54, 1.807) is 24.3 Å². The summed E-state index contributed by atoms with van der Waals surface area (Å²) in [5.41, 5.74) is 3.43. The molecule has 1 fully saturated rings. The summed E-state index contributed by atoms with van der Waals surface area (Å²) in [5.74, 6) is 6.03. The van der Waals surface area contributed by atoms with Crippen LogP contribution in [-0.4, -0.2) is 40.7 Å². The first-order chi connectivity index (χ1) is 17.0. The van der Waals surface area contributed by atoms with E-state index in [0.717, 1.165) is 23.5 Å². The molecule has 3 rings (SSSR count). The smallest absolute Gasteiger partial charge is 0.251 e. The lowest BCUT2D eigenvalue weighted by atomic mass is 9.87. The minimum atomic E-state index is -1.15. The highest BCUT2D eigenvalue weighted by molar-refractivity contribution is 5.98. The van der Waals surface area contributed by atoms with Crippen LogP contribution in [0, 0.1) is 17.8 Å². The van der Waals surface area contributed by atoms with Gasteiger partial charge in [-0.05, 0) is 67.6 Å². The third-order valence-corrected chi connectivity index (χ3v) is 6.79. The monoisotopic (exact) mass is 475 g/mol. The van der Waals surface area contributed by atoms with Gasteiger partial charge in [-0.25, -0.2) is 0 Å². The predicted molar refractivity (Wildman–Crippen MR) is 138 cm³/mol. The van der Waals surface area contributed by atoms with Crippen molar-refractivity contribution >= 4 is 11.7 Å².